The molecule has 0 saturated carbocycles. The Balaban J connectivity index is 1.44. The Morgan fingerprint density at radius 1 is 1.00 bits per heavy atom. The van der Waals surface area contributed by atoms with Gasteiger partial charge in [0.15, 0.2) is 0 Å². The van der Waals surface area contributed by atoms with E-state index in [2.05, 4.69) is 12.1 Å². The number of hydrogen-bond acceptors (Lipinski definition) is 3. The largest absolute Gasteiger partial charge is 0.336 e. The first-order chi connectivity index (χ1) is 12.6. The van der Waals surface area contributed by atoms with Crippen LogP contribution in [0.25, 0.3) is 0 Å². The lowest BCUT2D eigenvalue weighted by molar-refractivity contribution is -0.133. The van der Waals surface area contributed by atoms with Crippen LogP contribution in [0.3, 0.4) is 0 Å². The van der Waals surface area contributed by atoms with Gasteiger partial charge in [0.1, 0.15) is 0 Å². The topological polar surface area (TPSA) is 57.7 Å². The molecule has 0 fully saturated rings. The molecule has 2 heterocycles. The minimum absolute atomic E-state index is 0.00892. The Hall–Kier alpha value is -2.95. The van der Waals surface area contributed by atoms with Crippen molar-refractivity contribution in [2.45, 2.75) is 25.8 Å². The molecule has 3 amide bonds. The van der Waals surface area contributed by atoms with Crippen molar-refractivity contribution >= 4 is 17.7 Å². The lowest BCUT2D eigenvalue weighted by atomic mass is 9.93. The van der Waals surface area contributed by atoms with Crippen LogP contribution in [-0.4, -0.2) is 40.6 Å². The van der Waals surface area contributed by atoms with E-state index >= 15 is 0 Å². The molecule has 132 valence electrons. The molecule has 0 spiro atoms. The highest BCUT2D eigenvalue weighted by molar-refractivity contribution is 6.21. The Labute approximate surface area is 152 Å². The summed E-state index contributed by atoms with van der Waals surface area (Å²) in [5.74, 6) is -0.644. The van der Waals surface area contributed by atoms with Crippen LogP contribution in [0.4, 0.5) is 0 Å². The Kier molecular flexibility index (Phi) is 4.07. The van der Waals surface area contributed by atoms with Gasteiger partial charge < -0.3 is 4.90 Å². The maximum Gasteiger partial charge on any atom is 0.261 e. The molecule has 1 unspecified atom stereocenters. The van der Waals surface area contributed by atoms with Crippen molar-refractivity contribution in [1.82, 2.24) is 9.80 Å². The van der Waals surface area contributed by atoms with Gasteiger partial charge in [0.2, 0.25) is 5.91 Å². The standard InChI is InChI=1S/C21H20N2O3/c1-14-16-7-3-2-6-15(16)10-12-22(14)19(24)11-13-23-20(25)17-8-4-5-9-18(17)21(23)26/h2-9,14H,10-13H2,1H3. The molecule has 2 aliphatic heterocycles. The van der Waals surface area contributed by atoms with E-state index in [1.165, 1.54) is 16.0 Å². The van der Waals surface area contributed by atoms with Gasteiger partial charge in [0.05, 0.1) is 17.2 Å². The maximum absolute atomic E-state index is 12.7. The van der Waals surface area contributed by atoms with E-state index in [9.17, 15) is 14.4 Å². The van der Waals surface area contributed by atoms with Crippen LogP contribution in [0.5, 0.6) is 0 Å². The fourth-order valence-electron chi connectivity index (χ4n) is 3.91. The molecular formula is C21H20N2O3. The fraction of sp³-hybridized carbons (Fsp3) is 0.286. The number of imide groups is 1. The lowest BCUT2D eigenvalue weighted by Gasteiger charge is -2.35. The van der Waals surface area contributed by atoms with Crippen LogP contribution < -0.4 is 0 Å². The van der Waals surface area contributed by atoms with Gasteiger partial charge >= 0.3 is 0 Å². The van der Waals surface area contributed by atoms with Crippen LogP contribution in [0.1, 0.15) is 51.2 Å². The summed E-state index contributed by atoms with van der Waals surface area (Å²) in [6.45, 7) is 2.81. The van der Waals surface area contributed by atoms with Gasteiger partial charge in [-0.3, -0.25) is 19.3 Å². The zero-order chi connectivity index (χ0) is 18.3. The summed E-state index contributed by atoms with van der Waals surface area (Å²) in [6.07, 6.45) is 0.983. The van der Waals surface area contributed by atoms with E-state index in [1.54, 1.807) is 24.3 Å². The minimum atomic E-state index is -0.310. The van der Waals surface area contributed by atoms with Gasteiger partial charge in [-0.25, -0.2) is 0 Å². The van der Waals surface area contributed by atoms with Crippen molar-refractivity contribution in [3.8, 4) is 0 Å². The number of nitrogens with zero attached hydrogens (tertiary/aromatic N) is 2. The van der Waals surface area contributed by atoms with Gasteiger partial charge in [-0.1, -0.05) is 36.4 Å². The molecule has 26 heavy (non-hydrogen) atoms. The molecule has 0 saturated heterocycles. The van der Waals surface area contributed by atoms with Gasteiger partial charge in [0.25, 0.3) is 11.8 Å². The van der Waals surface area contributed by atoms with Crippen LogP contribution in [-0.2, 0) is 11.2 Å². The van der Waals surface area contributed by atoms with Gasteiger partial charge in [-0.2, -0.15) is 0 Å². The first-order valence-corrected chi connectivity index (χ1v) is 8.90. The first kappa shape index (κ1) is 16.5. The third-order valence-corrected chi connectivity index (χ3v) is 5.34. The lowest BCUT2D eigenvalue weighted by Crippen LogP contribution is -2.41. The molecule has 5 nitrogen and oxygen atoms in total. The van der Waals surface area contributed by atoms with E-state index in [4.69, 9.17) is 0 Å². The molecular weight excluding hydrogens is 328 g/mol. The Bertz CT molecular complexity index is 871. The second-order valence-corrected chi connectivity index (χ2v) is 6.77. The number of amides is 3. The smallest absolute Gasteiger partial charge is 0.261 e. The summed E-state index contributed by atoms with van der Waals surface area (Å²) in [5, 5.41) is 0. The summed E-state index contributed by atoms with van der Waals surface area (Å²) in [7, 11) is 0. The van der Waals surface area contributed by atoms with Crippen LogP contribution >= 0.6 is 0 Å². The molecule has 0 N–H and O–H groups in total. The van der Waals surface area contributed by atoms with Gasteiger partial charge in [-0.15, -0.1) is 0 Å². The van der Waals surface area contributed by atoms with E-state index in [1.807, 2.05) is 24.0 Å². The molecule has 0 bridgehead atoms. The van der Waals surface area contributed by atoms with Gasteiger partial charge in [0, 0.05) is 19.5 Å². The monoisotopic (exact) mass is 348 g/mol. The predicted octanol–water partition coefficient (Wildman–Crippen LogP) is 2.82. The summed E-state index contributed by atoms with van der Waals surface area (Å²) in [6, 6.07) is 15.0. The second-order valence-electron chi connectivity index (χ2n) is 6.77. The summed E-state index contributed by atoms with van der Waals surface area (Å²) in [5.41, 5.74) is 3.30. The van der Waals surface area contributed by atoms with Crippen LogP contribution in [0.2, 0.25) is 0 Å². The SMILES string of the molecule is CC1c2ccccc2CCN1C(=O)CCN1C(=O)c2ccccc2C1=O. The molecule has 2 aliphatic rings. The van der Waals surface area contributed by atoms with E-state index < -0.39 is 0 Å². The average Bonchev–Trinajstić information content (AvgIpc) is 2.91. The average molecular weight is 348 g/mol. The Morgan fingerprint density at radius 3 is 2.31 bits per heavy atom. The number of hydrogen-bond donors (Lipinski definition) is 0. The maximum atomic E-state index is 12.7. The molecule has 0 aliphatic carbocycles. The molecule has 2 aromatic rings. The fourth-order valence-corrected chi connectivity index (χ4v) is 3.91. The number of benzene rings is 2. The van der Waals surface area contributed by atoms with Crippen molar-refractivity contribution in [3.05, 3.63) is 70.8 Å². The zero-order valence-corrected chi connectivity index (χ0v) is 14.6. The van der Waals surface area contributed by atoms with Crippen molar-refractivity contribution < 1.29 is 14.4 Å². The van der Waals surface area contributed by atoms with E-state index in [0.29, 0.717) is 17.7 Å². The highest BCUT2D eigenvalue weighted by Gasteiger charge is 2.36. The van der Waals surface area contributed by atoms with Crippen molar-refractivity contribution in [2.75, 3.05) is 13.1 Å². The summed E-state index contributed by atoms with van der Waals surface area (Å²) in [4.78, 5) is 40.6. The molecule has 0 radical (unpaired) electrons. The van der Waals surface area contributed by atoms with Gasteiger partial charge in [-0.05, 0) is 36.6 Å². The van der Waals surface area contributed by atoms with Crippen LogP contribution in [0, 0.1) is 0 Å². The zero-order valence-electron chi connectivity index (χ0n) is 14.6. The minimum Gasteiger partial charge on any atom is -0.336 e. The van der Waals surface area contributed by atoms with Crippen molar-refractivity contribution in [1.29, 1.82) is 0 Å². The third kappa shape index (κ3) is 2.60. The van der Waals surface area contributed by atoms with E-state index in [-0.39, 0.29) is 36.7 Å². The number of carbonyl (C=O) groups excluding carboxylic acids is 3. The quantitative estimate of drug-likeness (QED) is 0.802. The van der Waals surface area contributed by atoms with E-state index in [0.717, 1.165) is 6.42 Å². The highest BCUT2D eigenvalue weighted by Crippen LogP contribution is 2.30. The first-order valence-electron chi connectivity index (χ1n) is 8.90. The molecule has 5 heteroatoms. The normalized spacial score (nSPS) is 18.7. The number of rotatable bonds is 3. The molecule has 1 atom stereocenters. The Morgan fingerprint density at radius 2 is 1.62 bits per heavy atom. The summed E-state index contributed by atoms with van der Waals surface area (Å²) >= 11 is 0. The van der Waals surface area contributed by atoms with Crippen molar-refractivity contribution in [3.63, 3.8) is 0 Å². The molecule has 2 aromatic carbocycles. The van der Waals surface area contributed by atoms with Crippen molar-refractivity contribution in [2.24, 2.45) is 0 Å². The highest BCUT2D eigenvalue weighted by atomic mass is 16.2. The molecule has 4 rings (SSSR count). The number of fused-ring (bicyclic) bond motifs is 2. The summed E-state index contributed by atoms with van der Waals surface area (Å²) < 4.78 is 0. The second kappa shape index (κ2) is 6.41. The molecule has 0 aromatic heterocycles. The predicted molar refractivity (Wildman–Crippen MR) is 96.7 cm³/mol. The van der Waals surface area contributed by atoms with Crippen LogP contribution in [0.15, 0.2) is 48.5 Å². The third-order valence-electron chi connectivity index (χ3n) is 5.34. The number of carbonyl (C=O) groups is 3.